The van der Waals surface area contributed by atoms with Crippen molar-refractivity contribution in [2.75, 3.05) is 19.7 Å². The molecule has 28 heavy (non-hydrogen) atoms. The Morgan fingerprint density at radius 2 is 1.89 bits per heavy atom. The third-order valence-corrected chi connectivity index (χ3v) is 5.16. The van der Waals surface area contributed by atoms with Crippen LogP contribution in [-0.2, 0) is 4.74 Å². The zero-order chi connectivity index (χ0) is 19.7. The van der Waals surface area contributed by atoms with Gasteiger partial charge < -0.3 is 9.64 Å². The van der Waals surface area contributed by atoms with Gasteiger partial charge in [0.25, 0.3) is 5.91 Å². The standard InChI is InChI=1S/C21H19ClFN3O2/c1-14-19(20(22)26(24-14)17-9-7-16(23)8-10-17)21(27)25-11-12-28-18(13-25)15-5-3-2-4-6-15/h2-10,18H,11-13H2,1H3. The summed E-state index contributed by atoms with van der Waals surface area (Å²) in [5.74, 6) is -0.527. The maximum absolute atomic E-state index is 13.2. The highest BCUT2D eigenvalue weighted by molar-refractivity contribution is 6.33. The van der Waals surface area contributed by atoms with E-state index in [1.54, 1.807) is 24.0 Å². The van der Waals surface area contributed by atoms with E-state index in [-0.39, 0.29) is 23.0 Å². The molecule has 0 N–H and O–H groups in total. The number of morpholine rings is 1. The van der Waals surface area contributed by atoms with Gasteiger partial charge in [0.2, 0.25) is 0 Å². The first-order chi connectivity index (χ1) is 13.5. The van der Waals surface area contributed by atoms with Crippen LogP contribution >= 0.6 is 11.6 Å². The molecule has 1 unspecified atom stereocenters. The van der Waals surface area contributed by atoms with Crippen molar-refractivity contribution in [1.82, 2.24) is 14.7 Å². The lowest BCUT2D eigenvalue weighted by Gasteiger charge is -2.33. The fourth-order valence-corrected chi connectivity index (χ4v) is 3.71. The zero-order valence-corrected chi connectivity index (χ0v) is 16.1. The molecule has 0 bridgehead atoms. The summed E-state index contributed by atoms with van der Waals surface area (Å²) in [5.41, 5.74) is 2.52. The minimum absolute atomic E-state index is 0.176. The molecule has 0 aliphatic carbocycles. The van der Waals surface area contributed by atoms with E-state index in [0.29, 0.717) is 36.6 Å². The number of amides is 1. The molecule has 1 atom stereocenters. The zero-order valence-electron chi connectivity index (χ0n) is 15.3. The van der Waals surface area contributed by atoms with Crippen LogP contribution in [0.25, 0.3) is 5.69 Å². The van der Waals surface area contributed by atoms with E-state index in [2.05, 4.69) is 5.10 Å². The Kier molecular flexibility index (Phi) is 5.15. The fourth-order valence-electron chi connectivity index (χ4n) is 3.36. The second-order valence-electron chi connectivity index (χ2n) is 6.66. The van der Waals surface area contributed by atoms with E-state index in [1.807, 2.05) is 30.3 Å². The average Bonchev–Trinajstić information content (AvgIpc) is 3.03. The van der Waals surface area contributed by atoms with Crippen molar-refractivity contribution < 1.29 is 13.9 Å². The summed E-state index contributed by atoms with van der Waals surface area (Å²) in [7, 11) is 0. The molecule has 1 aliphatic heterocycles. The Labute approximate surface area is 167 Å². The molecule has 7 heteroatoms. The minimum Gasteiger partial charge on any atom is -0.370 e. The van der Waals surface area contributed by atoms with Crippen molar-refractivity contribution in [1.29, 1.82) is 0 Å². The smallest absolute Gasteiger partial charge is 0.259 e. The highest BCUT2D eigenvalue weighted by Crippen LogP contribution is 2.28. The van der Waals surface area contributed by atoms with Gasteiger partial charge in [-0.3, -0.25) is 4.79 Å². The third kappa shape index (κ3) is 3.53. The van der Waals surface area contributed by atoms with Gasteiger partial charge in [0.05, 0.1) is 30.1 Å². The molecule has 4 rings (SSSR count). The molecule has 3 aromatic rings. The van der Waals surface area contributed by atoms with E-state index in [9.17, 15) is 9.18 Å². The number of ether oxygens (including phenoxy) is 1. The second kappa shape index (κ2) is 7.73. The molecular formula is C21H19ClFN3O2. The summed E-state index contributed by atoms with van der Waals surface area (Å²) in [6.07, 6.45) is -0.176. The van der Waals surface area contributed by atoms with Crippen molar-refractivity contribution in [2.45, 2.75) is 13.0 Å². The molecule has 1 fully saturated rings. The quantitative estimate of drug-likeness (QED) is 0.663. The molecule has 2 aromatic carbocycles. The maximum Gasteiger partial charge on any atom is 0.259 e. The van der Waals surface area contributed by atoms with Gasteiger partial charge in [-0.05, 0) is 36.8 Å². The first-order valence-corrected chi connectivity index (χ1v) is 9.39. The van der Waals surface area contributed by atoms with E-state index >= 15 is 0 Å². The first kappa shape index (κ1) is 18.7. The van der Waals surface area contributed by atoms with Crippen LogP contribution in [0.4, 0.5) is 4.39 Å². The van der Waals surface area contributed by atoms with Crippen LogP contribution in [-0.4, -0.2) is 40.3 Å². The Hall–Kier alpha value is -2.70. The summed E-state index contributed by atoms with van der Waals surface area (Å²) in [4.78, 5) is 14.9. The molecule has 1 aliphatic rings. The van der Waals surface area contributed by atoms with Crippen LogP contribution in [0.15, 0.2) is 54.6 Å². The van der Waals surface area contributed by atoms with Gasteiger partial charge in [0.15, 0.2) is 0 Å². The number of carbonyl (C=O) groups is 1. The number of aryl methyl sites for hydroxylation is 1. The Bertz CT molecular complexity index is 989. The number of rotatable bonds is 3. The molecule has 0 radical (unpaired) electrons. The molecule has 0 saturated carbocycles. The molecule has 1 aromatic heterocycles. The summed E-state index contributed by atoms with van der Waals surface area (Å²) in [6.45, 7) is 3.13. The van der Waals surface area contributed by atoms with Gasteiger partial charge in [0, 0.05) is 6.54 Å². The molecule has 5 nitrogen and oxygen atoms in total. The number of aromatic nitrogens is 2. The fraction of sp³-hybridized carbons (Fsp3) is 0.238. The van der Waals surface area contributed by atoms with Gasteiger partial charge >= 0.3 is 0 Å². The van der Waals surface area contributed by atoms with Crippen LogP contribution < -0.4 is 0 Å². The largest absolute Gasteiger partial charge is 0.370 e. The number of benzene rings is 2. The molecule has 1 saturated heterocycles. The molecule has 2 heterocycles. The minimum atomic E-state index is -0.347. The predicted molar refractivity (Wildman–Crippen MR) is 104 cm³/mol. The number of carbonyl (C=O) groups excluding carboxylic acids is 1. The van der Waals surface area contributed by atoms with Crippen molar-refractivity contribution in [2.24, 2.45) is 0 Å². The maximum atomic E-state index is 13.2. The molecule has 1 amide bonds. The normalized spacial score (nSPS) is 17.0. The average molecular weight is 400 g/mol. The lowest BCUT2D eigenvalue weighted by Crippen LogP contribution is -2.42. The van der Waals surface area contributed by atoms with Crippen molar-refractivity contribution in [3.05, 3.63) is 82.4 Å². The summed E-state index contributed by atoms with van der Waals surface area (Å²) < 4.78 is 20.5. The second-order valence-corrected chi connectivity index (χ2v) is 7.02. The van der Waals surface area contributed by atoms with Gasteiger partial charge in [-0.2, -0.15) is 5.10 Å². The van der Waals surface area contributed by atoms with E-state index in [0.717, 1.165) is 5.56 Å². The third-order valence-electron chi connectivity index (χ3n) is 4.81. The van der Waals surface area contributed by atoms with Crippen LogP contribution in [0, 0.1) is 12.7 Å². The van der Waals surface area contributed by atoms with Crippen LogP contribution in [0.2, 0.25) is 5.15 Å². The van der Waals surface area contributed by atoms with E-state index in [1.165, 1.54) is 16.8 Å². The van der Waals surface area contributed by atoms with Crippen LogP contribution in [0.5, 0.6) is 0 Å². The van der Waals surface area contributed by atoms with Gasteiger partial charge in [0.1, 0.15) is 17.1 Å². The van der Waals surface area contributed by atoms with Gasteiger partial charge in [-0.15, -0.1) is 0 Å². The Morgan fingerprint density at radius 1 is 1.18 bits per heavy atom. The Balaban J connectivity index is 1.60. The molecular weight excluding hydrogens is 381 g/mol. The highest BCUT2D eigenvalue weighted by atomic mass is 35.5. The summed E-state index contributed by atoms with van der Waals surface area (Å²) in [5, 5.41) is 4.61. The summed E-state index contributed by atoms with van der Waals surface area (Å²) in [6, 6.07) is 15.6. The SMILES string of the molecule is Cc1nn(-c2ccc(F)cc2)c(Cl)c1C(=O)N1CCOC(c2ccccc2)C1. The lowest BCUT2D eigenvalue weighted by molar-refractivity contribution is -0.0228. The van der Waals surface area contributed by atoms with Crippen LogP contribution in [0.3, 0.4) is 0 Å². The summed E-state index contributed by atoms with van der Waals surface area (Å²) >= 11 is 6.50. The van der Waals surface area contributed by atoms with Gasteiger partial charge in [-0.25, -0.2) is 9.07 Å². The van der Waals surface area contributed by atoms with Crippen molar-refractivity contribution in [3.63, 3.8) is 0 Å². The van der Waals surface area contributed by atoms with E-state index < -0.39 is 0 Å². The number of nitrogens with zero attached hydrogens (tertiary/aromatic N) is 3. The number of halogens is 2. The van der Waals surface area contributed by atoms with Crippen molar-refractivity contribution >= 4 is 17.5 Å². The first-order valence-electron chi connectivity index (χ1n) is 9.01. The lowest BCUT2D eigenvalue weighted by atomic mass is 10.1. The molecule has 0 spiro atoms. The number of hydrogen-bond acceptors (Lipinski definition) is 3. The predicted octanol–water partition coefficient (Wildman–Crippen LogP) is 4.19. The Morgan fingerprint density at radius 3 is 2.61 bits per heavy atom. The molecule has 144 valence electrons. The number of hydrogen-bond donors (Lipinski definition) is 0. The topological polar surface area (TPSA) is 47.4 Å². The monoisotopic (exact) mass is 399 g/mol. The van der Waals surface area contributed by atoms with Crippen LogP contribution in [0.1, 0.15) is 27.7 Å². The van der Waals surface area contributed by atoms with E-state index in [4.69, 9.17) is 16.3 Å². The van der Waals surface area contributed by atoms with Gasteiger partial charge in [-0.1, -0.05) is 41.9 Å². The van der Waals surface area contributed by atoms with Crippen molar-refractivity contribution in [3.8, 4) is 5.69 Å². The highest BCUT2D eigenvalue weighted by Gasteiger charge is 2.30.